The Morgan fingerprint density at radius 2 is 1.87 bits per heavy atom. The molecule has 1 aromatic rings. The van der Waals surface area contributed by atoms with E-state index in [9.17, 15) is 4.79 Å². The van der Waals surface area contributed by atoms with Gasteiger partial charge < -0.3 is 4.74 Å². The fourth-order valence-corrected chi connectivity index (χ4v) is 1.60. The maximum absolute atomic E-state index is 11.5. The Bertz CT molecular complexity index is 335. The van der Waals surface area contributed by atoms with E-state index in [4.69, 9.17) is 16.3 Å². The van der Waals surface area contributed by atoms with Crippen LogP contribution in [0.25, 0.3) is 0 Å². The highest BCUT2D eigenvalue weighted by molar-refractivity contribution is 9.09. The molecule has 2 nitrogen and oxygen atoms in total. The van der Waals surface area contributed by atoms with Gasteiger partial charge in [-0.1, -0.05) is 39.7 Å². The Labute approximate surface area is 103 Å². The van der Waals surface area contributed by atoms with Crippen LogP contribution in [0.1, 0.15) is 24.2 Å². The molecule has 0 heterocycles. The van der Waals surface area contributed by atoms with Crippen LogP contribution in [0.3, 0.4) is 0 Å². The summed E-state index contributed by atoms with van der Waals surface area (Å²) in [6.07, 6.45) is -0.107. The van der Waals surface area contributed by atoms with Crippen molar-refractivity contribution < 1.29 is 9.53 Å². The molecule has 0 radical (unpaired) electrons. The van der Waals surface area contributed by atoms with Gasteiger partial charge in [0.15, 0.2) is 0 Å². The van der Waals surface area contributed by atoms with E-state index in [1.807, 2.05) is 13.8 Å². The second-order valence-electron chi connectivity index (χ2n) is 3.40. The van der Waals surface area contributed by atoms with Crippen LogP contribution in [0.5, 0.6) is 0 Å². The fraction of sp³-hybridized carbons (Fsp3) is 0.364. The average molecular weight is 292 g/mol. The van der Waals surface area contributed by atoms with Crippen molar-refractivity contribution in [3.8, 4) is 0 Å². The maximum atomic E-state index is 11.5. The third-order valence-electron chi connectivity index (χ3n) is 1.72. The first-order valence-electron chi connectivity index (χ1n) is 4.60. The fourth-order valence-electron chi connectivity index (χ4n) is 1.06. The summed E-state index contributed by atoms with van der Waals surface area (Å²) < 4.78 is 5.08. The zero-order valence-electron chi connectivity index (χ0n) is 8.54. The van der Waals surface area contributed by atoms with Crippen molar-refractivity contribution >= 4 is 33.5 Å². The molecule has 0 N–H and O–H groups in total. The third-order valence-corrected chi connectivity index (χ3v) is 2.88. The smallest absolute Gasteiger partial charge is 0.324 e. The summed E-state index contributed by atoms with van der Waals surface area (Å²) in [5.74, 6) is -0.285. The largest absolute Gasteiger partial charge is 0.462 e. The Kier molecular flexibility index (Phi) is 4.61. The van der Waals surface area contributed by atoms with E-state index in [0.717, 1.165) is 5.56 Å². The van der Waals surface area contributed by atoms with E-state index in [-0.39, 0.29) is 12.1 Å². The van der Waals surface area contributed by atoms with Gasteiger partial charge >= 0.3 is 5.97 Å². The molecule has 0 bridgehead atoms. The van der Waals surface area contributed by atoms with Crippen molar-refractivity contribution in [2.45, 2.75) is 24.8 Å². The number of halogens is 2. The lowest BCUT2D eigenvalue weighted by atomic mass is 10.1. The Morgan fingerprint density at radius 3 is 2.33 bits per heavy atom. The van der Waals surface area contributed by atoms with E-state index in [1.54, 1.807) is 24.3 Å². The van der Waals surface area contributed by atoms with E-state index in [2.05, 4.69) is 15.9 Å². The number of rotatable bonds is 3. The Hall–Kier alpha value is -0.540. The number of hydrogen-bond acceptors (Lipinski definition) is 2. The molecule has 1 rings (SSSR count). The van der Waals surface area contributed by atoms with Gasteiger partial charge in [0.05, 0.1) is 6.10 Å². The molecule has 0 aromatic heterocycles. The van der Waals surface area contributed by atoms with Gasteiger partial charge in [-0.2, -0.15) is 0 Å². The maximum Gasteiger partial charge on any atom is 0.324 e. The van der Waals surface area contributed by atoms with Gasteiger partial charge in [0.2, 0.25) is 0 Å². The average Bonchev–Trinajstić information content (AvgIpc) is 2.17. The summed E-state index contributed by atoms with van der Waals surface area (Å²) in [7, 11) is 0. The van der Waals surface area contributed by atoms with Crippen LogP contribution in [0.15, 0.2) is 24.3 Å². The number of alkyl halides is 1. The molecule has 4 heteroatoms. The zero-order chi connectivity index (χ0) is 11.4. The van der Waals surface area contributed by atoms with Crippen molar-refractivity contribution in [1.29, 1.82) is 0 Å². The summed E-state index contributed by atoms with van der Waals surface area (Å²) >= 11 is 9.04. The Morgan fingerprint density at radius 1 is 1.33 bits per heavy atom. The molecule has 0 amide bonds. The zero-order valence-corrected chi connectivity index (χ0v) is 10.9. The molecule has 1 aromatic carbocycles. The quantitative estimate of drug-likeness (QED) is 0.626. The minimum absolute atomic E-state index is 0.107. The molecule has 0 aliphatic carbocycles. The number of hydrogen-bond donors (Lipinski definition) is 0. The summed E-state index contributed by atoms with van der Waals surface area (Å²) in [4.78, 5) is 11.1. The highest BCUT2D eigenvalue weighted by atomic mass is 79.9. The highest BCUT2D eigenvalue weighted by Gasteiger charge is 2.19. The molecule has 1 atom stereocenters. The van der Waals surface area contributed by atoms with Crippen molar-refractivity contribution in [2.24, 2.45) is 0 Å². The van der Waals surface area contributed by atoms with Crippen LogP contribution in [0.2, 0.25) is 5.02 Å². The standard InChI is InChI=1S/C11H12BrClO2/c1-7(2)15-11(14)10(12)8-3-5-9(13)6-4-8/h3-7,10H,1-2H3. The first kappa shape index (κ1) is 12.5. The van der Waals surface area contributed by atoms with Crippen LogP contribution in [0, 0.1) is 0 Å². The van der Waals surface area contributed by atoms with Gasteiger partial charge in [0.25, 0.3) is 0 Å². The first-order chi connectivity index (χ1) is 7.00. The molecule has 1 unspecified atom stereocenters. The topological polar surface area (TPSA) is 26.3 Å². The lowest BCUT2D eigenvalue weighted by Crippen LogP contribution is -2.15. The molecule has 0 aliphatic rings. The van der Waals surface area contributed by atoms with Gasteiger partial charge in [0, 0.05) is 5.02 Å². The third kappa shape index (κ3) is 3.84. The van der Waals surface area contributed by atoms with Crippen molar-refractivity contribution in [3.63, 3.8) is 0 Å². The minimum Gasteiger partial charge on any atom is -0.462 e. The van der Waals surface area contributed by atoms with Gasteiger partial charge in [-0.3, -0.25) is 4.79 Å². The van der Waals surface area contributed by atoms with Gasteiger partial charge in [0.1, 0.15) is 4.83 Å². The predicted octanol–water partition coefficient (Wildman–Crippen LogP) is 3.73. The number of carbonyl (C=O) groups is 1. The van der Waals surface area contributed by atoms with E-state index in [1.165, 1.54) is 0 Å². The summed E-state index contributed by atoms with van der Waals surface area (Å²) in [6, 6.07) is 7.08. The van der Waals surface area contributed by atoms with Crippen molar-refractivity contribution in [2.75, 3.05) is 0 Å². The summed E-state index contributed by atoms with van der Waals surface area (Å²) in [5, 5.41) is 0.649. The van der Waals surface area contributed by atoms with Crippen LogP contribution in [-0.4, -0.2) is 12.1 Å². The minimum atomic E-state index is -0.433. The second-order valence-corrected chi connectivity index (χ2v) is 4.75. The molecule has 82 valence electrons. The molecule has 0 saturated heterocycles. The van der Waals surface area contributed by atoms with E-state index in [0.29, 0.717) is 5.02 Å². The molecule has 0 aliphatic heterocycles. The monoisotopic (exact) mass is 290 g/mol. The number of ether oxygens (including phenoxy) is 1. The van der Waals surface area contributed by atoms with Crippen LogP contribution in [0.4, 0.5) is 0 Å². The summed E-state index contributed by atoms with van der Waals surface area (Å²) in [6.45, 7) is 3.64. The number of benzene rings is 1. The van der Waals surface area contributed by atoms with E-state index >= 15 is 0 Å². The van der Waals surface area contributed by atoms with Crippen LogP contribution >= 0.6 is 27.5 Å². The van der Waals surface area contributed by atoms with Gasteiger partial charge in [-0.05, 0) is 31.5 Å². The molecule has 0 fully saturated rings. The van der Waals surface area contributed by atoms with Crippen molar-refractivity contribution in [3.05, 3.63) is 34.9 Å². The molecular weight excluding hydrogens is 279 g/mol. The molecule has 0 saturated carbocycles. The molecule has 15 heavy (non-hydrogen) atoms. The van der Waals surface area contributed by atoms with Gasteiger partial charge in [-0.15, -0.1) is 0 Å². The lowest BCUT2D eigenvalue weighted by molar-refractivity contribution is -0.146. The van der Waals surface area contributed by atoms with Crippen molar-refractivity contribution in [1.82, 2.24) is 0 Å². The lowest BCUT2D eigenvalue weighted by Gasteiger charge is -2.12. The highest BCUT2D eigenvalue weighted by Crippen LogP contribution is 2.25. The SMILES string of the molecule is CC(C)OC(=O)C(Br)c1ccc(Cl)cc1. The second kappa shape index (κ2) is 5.52. The number of esters is 1. The molecule has 0 spiro atoms. The van der Waals surface area contributed by atoms with Gasteiger partial charge in [-0.25, -0.2) is 0 Å². The van der Waals surface area contributed by atoms with E-state index < -0.39 is 4.83 Å². The Balaban J connectivity index is 2.71. The first-order valence-corrected chi connectivity index (χ1v) is 5.90. The number of carbonyl (C=O) groups excluding carboxylic acids is 1. The van der Waals surface area contributed by atoms with Crippen LogP contribution in [-0.2, 0) is 9.53 Å². The summed E-state index contributed by atoms with van der Waals surface area (Å²) in [5.41, 5.74) is 0.838. The normalized spacial score (nSPS) is 12.6. The molecular formula is C11H12BrClO2. The predicted molar refractivity (Wildman–Crippen MR) is 64.3 cm³/mol. The van der Waals surface area contributed by atoms with Crippen LogP contribution < -0.4 is 0 Å².